The van der Waals surface area contributed by atoms with Crippen molar-refractivity contribution in [1.82, 2.24) is 4.90 Å². The van der Waals surface area contributed by atoms with Crippen LogP contribution in [-0.2, 0) is 4.79 Å². The summed E-state index contributed by atoms with van der Waals surface area (Å²) in [7, 11) is 1.56. The highest BCUT2D eigenvalue weighted by Crippen LogP contribution is 2.25. The van der Waals surface area contributed by atoms with Crippen molar-refractivity contribution >= 4 is 23.2 Å². The molecule has 0 N–H and O–H groups in total. The maximum atomic E-state index is 12.8. The summed E-state index contributed by atoms with van der Waals surface area (Å²) in [6, 6.07) is 11.9. The van der Waals surface area contributed by atoms with Crippen LogP contribution in [0.4, 0.5) is 11.4 Å². The minimum atomic E-state index is -0.646. The van der Waals surface area contributed by atoms with Gasteiger partial charge in [0.2, 0.25) is 5.91 Å². The lowest BCUT2D eigenvalue weighted by Gasteiger charge is -2.39. The smallest absolute Gasteiger partial charge is 0.269 e. The lowest BCUT2D eigenvalue weighted by Crippen LogP contribution is -2.57. The number of piperazine rings is 1. The van der Waals surface area contributed by atoms with Gasteiger partial charge in [0.05, 0.1) is 12.0 Å². The SMILES string of the molecule is COc1cccc(N2CCN(C(=O)c3ccc([N+](=O)[O-])cc3)[C@@H](C)C2=O)c1. The molecule has 0 spiro atoms. The van der Waals surface area contributed by atoms with Gasteiger partial charge in [0.25, 0.3) is 11.6 Å². The van der Waals surface area contributed by atoms with Gasteiger partial charge in [0.15, 0.2) is 0 Å². The van der Waals surface area contributed by atoms with E-state index >= 15 is 0 Å². The number of carbonyl (C=O) groups is 2. The monoisotopic (exact) mass is 369 g/mol. The molecule has 0 saturated carbocycles. The number of methoxy groups -OCH3 is 1. The molecule has 0 unspecified atom stereocenters. The zero-order valence-electron chi connectivity index (χ0n) is 15.0. The van der Waals surface area contributed by atoms with Crippen molar-refractivity contribution < 1.29 is 19.2 Å². The highest BCUT2D eigenvalue weighted by molar-refractivity contribution is 6.03. The number of carbonyl (C=O) groups excluding carboxylic acids is 2. The van der Waals surface area contributed by atoms with Crippen LogP contribution in [0.15, 0.2) is 48.5 Å². The summed E-state index contributed by atoms with van der Waals surface area (Å²) in [6.07, 6.45) is 0. The number of hydrogen-bond donors (Lipinski definition) is 0. The molecule has 1 aliphatic heterocycles. The van der Waals surface area contributed by atoms with Crippen molar-refractivity contribution in [3.05, 3.63) is 64.2 Å². The minimum Gasteiger partial charge on any atom is -0.497 e. The summed E-state index contributed by atoms with van der Waals surface area (Å²) >= 11 is 0. The number of ether oxygens (including phenoxy) is 1. The van der Waals surface area contributed by atoms with Crippen molar-refractivity contribution in [2.45, 2.75) is 13.0 Å². The molecule has 2 amide bonds. The quantitative estimate of drug-likeness (QED) is 0.610. The third kappa shape index (κ3) is 3.59. The first-order valence-electron chi connectivity index (χ1n) is 8.43. The Kier molecular flexibility index (Phi) is 5.07. The third-order valence-electron chi connectivity index (χ3n) is 4.61. The molecule has 2 aromatic carbocycles. The maximum absolute atomic E-state index is 12.8. The molecule has 0 aliphatic carbocycles. The number of nitrogens with zero attached hydrogens (tertiary/aromatic N) is 3. The molecule has 140 valence electrons. The van der Waals surface area contributed by atoms with Crippen LogP contribution in [0.25, 0.3) is 0 Å². The number of nitro benzene ring substituents is 1. The van der Waals surface area contributed by atoms with E-state index in [1.165, 1.54) is 29.2 Å². The lowest BCUT2D eigenvalue weighted by atomic mass is 10.1. The number of nitro groups is 1. The van der Waals surface area contributed by atoms with Gasteiger partial charge in [-0.05, 0) is 31.2 Å². The average molecular weight is 369 g/mol. The molecule has 1 saturated heterocycles. The highest BCUT2D eigenvalue weighted by atomic mass is 16.6. The topological polar surface area (TPSA) is 93.0 Å². The number of non-ortho nitro benzene ring substituents is 1. The van der Waals surface area contributed by atoms with Crippen LogP contribution in [0.2, 0.25) is 0 Å². The van der Waals surface area contributed by atoms with E-state index in [1.807, 2.05) is 6.07 Å². The Bertz CT molecular complexity index is 881. The van der Waals surface area contributed by atoms with Crippen molar-refractivity contribution in [3.8, 4) is 5.75 Å². The van der Waals surface area contributed by atoms with Crippen LogP contribution in [0.1, 0.15) is 17.3 Å². The molecule has 3 rings (SSSR count). The standard InChI is InChI=1S/C19H19N3O5/c1-13-18(23)21(16-4-3-5-17(12-16)27-2)11-10-20(13)19(24)14-6-8-15(9-7-14)22(25)26/h3-9,12-13H,10-11H2,1-2H3/t13-/m0/s1. The van der Waals surface area contributed by atoms with E-state index in [-0.39, 0.29) is 17.5 Å². The predicted molar refractivity (Wildman–Crippen MR) is 98.9 cm³/mol. The zero-order chi connectivity index (χ0) is 19.6. The normalized spacial score (nSPS) is 17.0. The van der Waals surface area contributed by atoms with Gasteiger partial charge in [-0.15, -0.1) is 0 Å². The van der Waals surface area contributed by atoms with Crippen molar-refractivity contribution in [2.75, 3.05) is 25.1 Å². The number of anilines is 1. The van der Waals surface area contributed by atoms with E-state index in [0.717, 1.165) is 0 Å². The second kappa shape index (κ2) is 7.45. The van der Waals surface area contributed by atoms with E-state index in [1.54, 1.807) is 37.1 Å². The van der Waals surface area contributed by atoms with Gasteiger partial charge in [-0.3, -0.25) is 19.7 Å². The number of benzene rings is 2. The Morgan fingerprint density at radius 2 is 1.89 bits per heavy atom. The fourth-order valence-electron chi connectivity index (χ4n) is 3.07. The van der Waals surface area contributed by atoms with Gasteiger partial charge in [-0.25, -0.2) is 0 Å². The molecule has 2 aromatic rings. The van der Waals surface area contributed by atoms with Crippen LogP contribution in [-0.4, -0.2) is 47.9 Å². The van der Waals surface area contributed by atoms with Gasteiger partial charge >= 0.3 is 0 Å². The minimum absolute atomic E-state index is 0.0847. The van der Waals surface area contributed by atoms with E-state index < -0.39 is 11.0 Å². The van der Waals surface area contributed by atoms with Gasteiger partial charge < -0.3 is 14.5 Å². The zero-order valence-corrected chi connectivity index (χ0v) is 15.0. The van der Waals surface area contributed by atoms with Gasteiger partial charge in [0.1, 0.15) is 11.8 Å². The van der Waals surface area contributed by atoms with E-state index in [9.17, 15) is 19.7 Å². The number of hydrogen-bond acceptors (Lipinski definition) is 5. The fourth-order valence-corrected chi connectivity index (χ4v) is 3.07. The van der Waals surface area contributed by atoms with Crippen LogP contribution in [0, 0.1) is 10.1 Å². The summed E-state index contributed by atoms with van der Waals surface area (Å²) < 4.78 is 5.20. The molecular weight excluding hydrogens is 350 g/mol. The lowest BCUT2D eigenvalue weighted by molar-refractivity contribution is -0.384. The molecule has 1 fully saturated rings. The molecule has 0 radical (unpaired) electrons. The Labute approximate surface area is 156 Å². The van der Waals surface area contributed by atoms with Crippen molar-refractivity contribution in [1.29, 1.82) is 0 Å². The molecule has 0 aromatic heterocycles. The van der Waals surface area contributed by atoms with E-state index in [2.05, 4.69) is 0 Å². The molecule has 8 heteroatoms. The van der Waals surface area contributed by atoms with Crippen molar-refractivity contribution in [2.24, 2.45) is 0 Å². The molecule has 8 nitrogen and oxygen atoms in total. The summed E-state index contributed by atoms with van der Waals surface area (Å²) in [6.45, 7) is 2.40. The molecule has 1 atom stereocenters. The number of amides is 2. The van der Waals surface area contributed by atoms with Gasteiger partial charge in [-0.1, -0.05) is 6.07 Å². The summed E-state index contributed by atoms with van der Waals surface area (Å²) in [5.74, 6) is 0.137. The third-order valence-corrected chi connectivity index (χ3v) is 4.61. The molecule has 27 heavy (non-hydrogen) atoms. The van der Waals surface area contributed by atoms with Crippen LogP contribution in [0.3, 0.4) is 0 Å². The van der Waals surface area contributed by atoms with Crippen LogP contribution in [0.5, 0.6) is 5.75 Å². The van der Waals surface area contributed by atoms with E-state index in [0.29, 0.717) is 30.1 Å². The summed E-state index contributed by atoms with van der Waals surface area (Å²) in [5.41, 5.74) is 0.947. The Balaban J connectivity index is 1.77. The van der Waals surface area contributed by atoms with Crippen LogP contribution < -0.4 is 9.64 Å². The summed E-state index contributed by atoms with van der Waals surface area (Å²) in [4.78, 5) is 38.9. The Morgan fingerprint density at radius 1 is 1.19 bits per heavy atom. The van der Waals surface area contributed by atoms with Crippen LogP contribution >= 0.6 is 0 Å². The first-order chi connectivity index (χ1) is 12.9. The Hall–Kier alpha value is -3.42. The second-order valence-corrected chi connectivity index (χ2v) is 6.17. The molecule has 0 bridgehead atoms. The molecular formula is C19H19N3O5. The van der Waals surface area contributed by atoms with Crippen molar-refractivity contribution in [3.63, 3.8) is 0 Å². The molecule has 1 aliphatic rings. The summed E-state index contributed by atoms with van der Waals surface area (Å²) in [5, 5.41) is 10.7. The first-order valence-corrected chi connectivity index (χ1v) is 8.43. The number of rotatable bonds is 4. The highest BCUT2D eigenvalue weighted by Gasteiger charge is 2.35. The van der Waals surface area contributed by atoms with E-state index in [4.69, 9.17) is 4.74 Å². The molecule has 1 heterocycles. The Morgan fingerprint density at radius 3 is 2.52 bits per heavy atom. The second-order valence-electron chi connectivity index (χ2n) is 6.17. The predicted octanol–water partition coefficient (Wildman–Crippen LogP) is 2.48. The van der Waals surface area contributed by atoms with Gasteiger partial charge in [-0.2, -0.15) is 0 Å². The largest absolute Gasteiger partial charge is 0.497 e. The maximum Gasteiger partial charge on any atom is 0.269 e. The average Bonchev–Trinajstić information content (AvgIpc) is 2.69. The van der Waals surface area contributed by atoms with Gasteiger partial charge in [0, 0.05) is 42.5 Å². The fraction of sp³-hybridized carbons (Fsp3) is 0.263. The first kappa shape index (κ1) is 18.4.